The SMILES string of the molecule is Cc1cc(-n2c(C)cc(CNC[C@@H](c3cccs3)N3CCN(C)CC3)c2C)no1. The Labute approximate surface area is 177 Å². The zero-order valence-corrected chi connectivity index (χ0v) is 18.6. The van der Waals surface area contributed by atoms with E-state index < -0.39 is 0 Å². The number of aryl methyl sites for hydroxylation is 2. The average Bonchev–Trinajstić information content (AvgIpc) is 3.42. The molecular formula is C22H31N5OS. The maximum absolute atomic E-state index is 5.27. The molecule has 1 saturated heterocycles. The molecule has 0 aliphatic carbocycles. The molecule has 0 amide bonds. The van der Waals surface area contributed by atoms with Gasteiger partial charge in [0.25, 0.3) is 0 Å². The predicted molar refractivity (Wildman–Crippen MR) is 118 cm³/mol. The smallest absolute Gasteiger partial charge is 0.180 e. The van der Waals surface area contributed by atoms with Gasteiger partial charge in [-0.2, -0.15) is 0 Å². The van der Waals surface area contributed by atoms with Crippen molar-refractivity contribution in [2.45, 2.75) is 33.4 Å². The molecule has 1 aliphatic heterocycles. The van der Waals surface area contributed by atoms with Crippen molar-refractivity contribution in [1.29, 1.82) is 0 Å². The molecule has 29 heavy (non-hydrogen) atoms. The number of rotatable bonds is 7. The number of aromatic nitrogens is 2. The highest BCUT2D eigenvalue weighted by atomic mass is 32.1. The van der Waals surface area contributed by atoms with Gasteiger partial charge in [-0.05, 0) is 50.9 Å². The maximum atomic E-state index is 5.27. The van der Waals surface area contributed by atoms with E-state index in [-0.39, 0.29) is 0 Å². The van der Waals surface area contributed by atoms with E-state index in [0.717, 1.165) is 50.8 Å². The van der Waals surface area contributed by atoms with Crippen LogP contribution in [0, 0.1) is 20.8 Å². The summed E-state index contributed by atoms with van der Waals surface area (Å²) in [6, 6.07) is 9.11. The quantitative estimate of drug-likeness (QED) is 0.642. The van der Waals surface area contributed by atoms with Gasteiger partial charge < -0.3 is 19.3 Å². The first-order valence-corrected chi connectivity index (χ1v) is 11.2. The fraction of sp³-hybridized carbons (Fsp3) is 0.500. The van der Waals surface area contributed by atoms with E-state index in [2.05, 4.69) is 69.3 Å². The summed E-state index contributed by atoms with van der Waals surface area (Å²) in [6.07, 6.45) is 0. The molecule has 1 fully saturated rings. The fourth-order valence-corrected chi connectivity index (χ4v) is 5.05. The summed E-state index contributed by atoms with van der Waals surface area (Å²) in [4.78, 5) is 6.49. The highest BCUT2D eigenvalue weighted by Gasteiger charge is 2.24. The molecule has 6 nitrogen and oxygen atoms in total. The van der Waals surface area contributed by atoms with Gasteiger partial charge in [0.05, 0.1) is 6.04 Å². The molecule has 4 heterocycles. The number of likely N-dealkylation sites (N-methyl/N-ethyl adjacent to an activating group) is 1. The average molecular weight is 414 g/mol. The minimum Gasteiger partial charge on any atom is -0.360 e. The Hall–Kier alpha value is -1.93. The lowest BCUT2D eigenvalue weighted by atomic mass is 10.1. The minimum atomic E-state index is 0.436. The third-order valence-corrected chi connectivity index (χ3v) is 6.86. The van der Waals surface area contributed by atoms with Gasteiger partial charge in [0.2, 0.25) is 0 Å². The van der Waals surface area contributed by atoms with Crippen LogP contribution in [-0.4, -0.2) is 59.3 Å². The van der Waals surface area contributed by atoms with Crippen molar-refractivity contribution in [3.63, 3.8) is 0 Å². The van der Waals surface area contributed by atoms with Crippen molar-refractivity contribution in [1.82, 2.24) is 24.8 Å². The monoisotopic (exact) mass is 413 g/mol. The first kappa shape index (κ1) is 20.3. The van der Waals surface area contributed by atoms with Crippen LogP contribution in [0.1, 0.15) is 33.6 Å². The highest BCUT2D eigenvalue weighted by molar-refractivity contribution is 7.10. The molecule has 0 radical (unpaired) electrons. The number of nitrogens with zero attached hydrogens (tertiary/aromatic N) is 4. The Balaban J connectivity index is 1.44. The third-order valence-electron chi connectivity index (χ3n) is 5.88. The van der Waals surface area contributed by atoms with E-state index in [1.807, 2.05) is 24.3 Å². The maximum Gasteiger partial charge on any atom is 0.180 e. The van der Waals surface area contributed by atoms with Gasteiger partial charge in [0.15, 0.2) is 5.82 Å². The van der Waals surface area contributed by atoms with Crippen LogP contribution in [-0.2, 0) is 6.54 Å². The van der Waals surface area contributed by atoms with Gasteiger partial charge in [0.1, 0.15) is 5.76 Å². The lowest BCUT2D eigenvalue weighted by Gasteiger charge is -2.37. The van der Waals surface area contributed by atoms with Gasteiger partial charge >= 0.3 is 0 Å². The molecule has 0 aromatic carbocycles. The van der Waals surface area contributed by atoms with Gasteiger partial charge in [-0.1, -0.05) is 11.2 Å². The van der Waals surface area contributed by atoms with E-state index in [1.54, 1.807) is 0 Å². The second kappa shape index (κ2) is 8.83. The van der Waals surface area contributed by atoms with Crippen LogP contribution in [0.4, 0.5) is 0 Å². The van der Waals surface area contributed by atoms with Gasteiger partial charge in [-0.15, -0.1) is 11.3 Å². The summed E-state index contributed by atoms with van der Waals surface area (Å²) < 4.78 is 7.44. The molecule has 0 saturated carbocycles. The van der Waals surface area contributed by atoms with Crippen molar-refractivity contribution >= 4 is 11.3 Å². The van der Waals surface area contributed by atoms with Crippen LogP contribution in [0.15, 0.2) is 34.2 Å². The van der Waals surface area contributed by atoms with Crippen LogP contribution in [0.5, 0.6) is 0 Å². The molecule has 4 rings (SSSR count). The number of hydrogen-bond acceptors (Lipinski definition) is 6. The number of piperazine rings is 1. The second-order valence-electron chi connectivity index (χ2n) is 8.03. The summed E-state index contributed by atoms with van der Waals surface area (Å²) in [7, 11) is 2.21. The fourth-order valence-electron chi connectivity index (χ4n) is 4.19. The molecule has 3 aromatic rings. The van der Waals surface area contributed by atoms with Crippen LogP contribution in [0.2, 0.25) is 0 Å². The standard InChI is InChI=1S/C22H31N5OS/c1-16-12-19(18(3)27(16)22-13-17(2)28-24-22)14-23-15-20(21-6-5-11-29-21)26-9-7-25(4)8-10-26/h5-6,11-13,20,23H,7-10,14-15H2,1-4H3/t20-/m0/s1. The Morgan fingerprint density at radius 2 is 1.97 bits per heavy atom. The lowest BCUT2D eigenvalue weighted by Crippen LogP contribution is -2.47. The first-order valence-electron chi connectivity index (χ1n) is 10.3. The van der Waals surface area contributed by atoms with Gasteiger partial charge in [-0.3, -0.25) is 4.90 Å². The summed E-state index contributed by atoms with van der Waals surface area (Å²) in [6.45, 7) is 12.5. The molecule has 0 unspecified atom stereocenters. The lowest BCUT2D eigenvalue weighted by molar-refractivity contribution is 0.111. The zero-order valence-electron chi connectivity index (χ0n) is 17.8. The first-order chi connectivity index (χ1) is 14.0. The van der Waals surface area contributed by atoms with Gasteiger partial charge in [-0.25, -0.2) is 0 Å². The highest BCUT2D eigenvalue weighted by Crippen LogP contribution is 2.26. The molecule has 0 bridgehead atoms. The third kappa shape index (κ3) is 4.48. The molecular weight excluding hydrogens is 382 g/mol. The summed E-state index contributed by atoms with van der Waals surface area (Å²) in [5.74, 6) is 1.69. The summed E-state index contributed by atoms with van der Waals surface area (Å²) >= 11 is 1.86. The van der Waals surface area contributed by atoms with Crippen molar-refractivity contribution in [3.8, 4) is 5.82 Å². The topological polar surface area (TPSA) is 49.5 Å². The molecule has 156 valence electrons. The Morgan fingerprint density at radius 3 is 2.62 bits per heavy atom. The van der Waals surface area contributed by atoms with Crippen molar-refractivity contribution in [3.05, 3.63) is 57.2 Å². The van der Waals surface area contributed by atoms with Crippen molar-refractivity contribution < 1.29 is 4.52 Å². The van der Waals surface area contributed by atoms with Gasteiger partial charge in [0, 0.05) is 61.6 Å². The van der Waals surface area contributed by atoms with Crippen LogP contribution in [0.3, 0.4) is 0 Å². The molecule has 1 N–H and O–H groups in total. The molecule has 3 aromatic heterocycles. The van der Waals surface area contributed by atoms with Crippen molar-refractivity contribution in [2.75, 3.05) is 39.8 Å². The minimum absolute atomic E-state index is 0.436. The molecule has 1 aliphatic rings. The van der Waals surface area contributed by atoms with E-state index in [9.17, 15) is 0 Å². The van der Waals surface area contributed by atoms with Crippen LogP contribution < -0.4 is 5.32 Å². The Kier molecular flexibility index (Phi) is 6.20. The Bertz CT molecular complexity index is 921. The number of nitrogens with one attached hydrogen (secondary N) is 1. The molecule has 7 heteroatoms. The summed E-state index contributed by atoms with van der Waals surface area (Å²) in [5.41, 5.74) is 3.71. The van der Waals surface area contributed by atoms with E-state index in [0.29, 0.717) is 6.04 Å². The zero-order chi connectivity index (χ0) is 20.4. The van der Waals surface area contributed by atoms with Crippen LogP contribution >= 0.6 is 11.3 Å². The Morgan fingerprint density at radius 1 is 1.17 bits per heavy atom. The number of hydrogen-bond donors (Lipinski definition) is 1. The van der Waals surface area contributed by atoms with Crippen molar-refractivity contribution in [2.24, 2.45) is 0 Å². The predicted octanol–water partition coefficient (Wildman–Crippen LogP) is 3.53. The molecule has 0 spiro atoms. The largest absolute Gasteiger partial charge is 0.360 e. The summed E-state index contributed by atoms with van der Waals surface area (Å²) in [5, 5.41) is 10.1. The van der Waals surface area contributed by atoms with E-state index in [4.69, 9.17) is 4.52 Å². The van der Waals surface area contributed by atoms with E-state index in [1.165, 1.54) is 21.8 Å². The second-order valence-corrected chi connectivity index (χ2v) is 9.01. The normalized spacial score (nSPS) is 17.1. The van der Waals surface area contributed by atoms with Crippen LogP contribution in [0.25, 0.3) is 5.82 Å². The van der Waals surface area contributed by atoms with E-state index >= 15 is 0 Å². The number of thiophene rings is 1. The molecule has 1 atom stereocenters.